The first-order valence-corrected chi connectivity index (χ1v) is 9.55. The predicted molar refractivity (Wildman–Crippen MR) is 93.3 cm³/mol. The molecule has 3 rings (SSSR count). The number of carboxylic acid groups (broad SMARTS) is 1. The fraction of sp³-hybridized carbons (Fsp3) is 0.842. The molecule has 27 heavy (non-hydrogen) atoms. The van der Waals surface area contributed by atoms with E-state index in [1.807, 2.05) is 0 Å². The van der Waals surface area contributed by atoms with E-state index in [2.05, 4.69) is 5.32 Å². The van der Waals surface area contributed by atoms with Crippen LogP contribution in [-0.4, -0.2) is 58.8 Å². The number of halogens is 2. The highest BCUT2D eigenvalue weighted by Gasteiger charge is 2.63. The van der Waals surface area contributed by atoms with Crippen molar-refractivity contribution in [3.05, 3.63) is 0 Å². The minimum atomic E-state index is -3.02. The first-order valence-electron chi connectivity index (χ1n) is 9.55. The van der Waals surface area contributed by atoms with E-state index in [0.717, 1.165) is 19.3 Å². The second kappa shape index (κ2) is 6.50. The van der Waals surface area contributed by atoms with Gasteiger partial charge in [-0.25, -0.2) is 8.78 Å². The molecule has 8 heteroatoms. The van der Waals surface area contributed by atoms with Gasteiger partial charge in [-0.05, 0) is 30.1 Å². The van der Waals surface area contributed by atoms with E-state index in [1.165, 1.54) is 0 Å². The van der Waals surface area contributed by atoms with Crippen LogP contribution >= 0.6 is 0 Å². The molecule has 1 aliphatic heterocycles. The minimum absolute atomic E-state index is 0.00793. The average Bonchev–Trinajstić information content (AvgIpc) is 2.86. The number of aldehydes is 1. The van der Waals surface area contributed by atoms with Crippen molar-refractivity contribution in [1.29, 1.82) is 0 Å². The molecule has 2 unspecified atom stereocenters. The number of rotatable bonds is 6. The zero-order valence-corrected chi connectivity index (χ0v) is 16.0. The van der Waals surface area contributed by atoms with E-state index in [1.54, 1.807) is 25.7 Å². The van der Waals surface area contributed by atoms with E-state index >= 15 is 0 Å². The van der Waals surface area contributed by atoms with E-state index < -0.39 is 47.1 Å². The van der Waals surface area contributed by atoms with E-state index in [4.69, 9.17) is 0 Å². The van der Waals surface area contributed by atoms with Gasteiger partial charge in [-0.15, -0.1) is 0 Å². The van der Waals surface area contributed by atoms with Gasteiger partial charge in [0.05, 0.1) is 0 Å². The number of amides is 1. The number of carbonyl (C=O) groups excluding carboxylic acids is 2. The van der Waals surface area contributed by atoms with Gasteiger partial charge in [0.15, 0.2) is 0 Å². The van der Waals surface area contributed by atoms with Gasteiger partial charge in [0.1, 0.15) is 23.8 Å². The van der Waals surface area contributed by atoms with Crippen LogP contribution in [-0.2, 0) is 14.4 Å². The van der Waals surface area contributed by atoms with Crippen LogP contribution in [0.3, 0.4) is 0 Å². The van der Waals surface area contributed by atoms with Crippen LogP contribution in [0.4, 0.5) is 8.78 Å². The molecule has 1 saturated heterocycles. The molecule has 5 atom stereocenters. The third kappa shape index (κ3) is 3.48. The summed E-state index contributed by atoms with van der Waals surface area (Å²) in [4.78, 5) is 38.1. The highest BCUT2D eigenvalue weighted by Crippen LogP contribution is 2.49. The molecule has 2 aliphatic carbocycles. The summed E-state index contributed by atoms with van der Waals surface area (Å²) >= 11 is 0. The van der Waals surface area contributed by atoms with Gasteiger partial charge < -0.3 is 15.2 Å². The molecule has 3 fully saturated rings. The Kier molecular flexibility index (Phi) is 4.85. The van der Waals surface area contributed by atoms with Gasteiger partial charge in [0, 0.05) is 19.5 Å². The van der Waals surface area contributed by atoms with Crippen LogP contribution in [0.15, 0.2) is 0 Å². The molecular formula is C19H28F2N2O4. The predicted octanol–water partition coefficient (Wildman–Crippen LogP) is 1.93. The van der Waals surface area contributed by atoms with Crippen LogP contribution in [0.5, 0.6) is 0 Å². The molecule has 152 valence electrons. The van der Waals surface area contributed by atoms with Crippen molar-refractivity contribution in [1.82, 2.24) is 10.2 Å². The highest BCUT2D eigenvalue weighted by atomic mass is 19.3. The Morgan fingerprint density at radius 1 is 1.30 bits per heavy atom. The summed E-state index contributed by atoms with van der Waals surface area (Å²) < 4.78 is 26.6. The van der Waals surface area contributed by atoms with Gasteiger partial charge >= 0.3 is 5.97 Å². The third-order valence-electron chi connectivity index (χ3n) is 6.72. The van der Waals surface area contributed by atoms with Crippen LogP contribution in [0, 0.1) is 23.2 Å². The van der Waals surface area contributed by atoms with Crippen LogP contribution < -0.4 is 5.32 Å². The third-order valence-corrected chi connectivity index (χ3v) is 6.72. The van der Waals surface area contributed by atoms with E-state index in [0.29, 0.717) is 12.8 Å². The fourth-order valence-corrected chi connectivity index (χ4v) is 4.73. The minimum Gasteiger partial charge on any atom is -0.480 e. The first-order chi connectivity index (χ1) is 12.4. The molecule has 0 aromatic heterocycles. The second-order valence-electron chi connectivity index (χ2n) is 9.41. The maximum Gasteiger partial charge on any atom is 0.321 e. The summed E-state index contributed by atoms with van der Waals surface area (Å²) in [5.41, 5.74) is -2.20. The largest absolute Gasteiger partial charge is 0.480 e. The van der Waals surface area contributed by atoms with Crippen LogP contribution in [0.1, 0.15) is 46.5 Å². The van der Waals surface area contributed by atoms with Gasteiger partial charge in [-0.3, -0.25) is 14.5 Å². The van der Waals surface area contributed by atoms with E-state index in [9.17, 15) is 28.3 Å². The molecule has 3 aliphatic rings. The number of alkyl halides is 2. The first kappa shape index (κ1) is 20.2. The summed E-state index contributed by atoms with van der Waals surface area (Å²) in [5, 5.41) is 12.3. The summed E-state index contributed by atoms with van der Waals surface area (Å²) in [6.45, 7) is 5.80. The number of carbonyl (C=O) groups is 3. The monoisotopic (exact) mass is 386 g/mol. The number of hydrogen-bond donors (Lipinski definition) is 2. The average molecular weight is 386 g/mol. The molecule has 0 spiro atoms. The van der Waals surface area contributed by atoms with Crippen molar-refractivity contribution < 1.29 is 28.3 Å². The Morgan fingerprint density at radius 2 is 1.93 bits per heavy atom. The Labute approximate surface area is 157 Å². The molecule has 0 aromatic rings. The maximum absolute atomic E-state index is 13.3. The van der Waals surface area contributed by atoms with Gasteiger partial charge in [0.25, 0.3) is 5.92 Å². The zero-order valence-electron chi connectivity index (χ0n) is 16.0. The topological polar surface area (TPSA) is 86.7 Å². The number of nitrogens with one attached hydrogen (secondary N) is 1. The molecule has 6 nitrogen and oxygen atoms in total. The summed E-state index contributed by atoms with van der Waals surface area (Å²) in [6.07, 6.45) is 2.87. The lowest BCUT2D eigenvalue weighted by atomic mass is 9.73. The van der Waals surface area contributed by atoms with Crippen molar-refractivity contribution >= 4 is 18.2 Å². The smallest absolute Gasteiger partial charge is 0.321 e. The van der Waals surface area contributed by atoms with Crippen LogP contribution in [0.25, 0.3) is 0 Å². The molecule has 2 saturated carbocycles. The Morgan fingerprint density at radius 3 is 2.41 bits per heavy atom. The van der Waals surface area contributed by atoms with Crippen molar-refractivity contribution in [2.24, 2.45) is 23.2 Å². The summed E-state index contributed by atoms with van der Waals surface area (Å²) in [6, 6.07) is -0.710. The molecule has 0 bridgehead atoms. The molecule has 1 amide bonds. The Hall–Kier alpha value is -1.57. The quantitative estimate of drug-likeness (QED) is 0.681. The number of hydrogen-bond acceptors (Lipinski definition) is 4. The van der Waals surface area contributed by atoms with Gasteiger partial charge in [-0.2, -0.15) is 0 Å². The van der Waals surface area contributed by atoms with Crippen LogP contribution in [0.2, 0.25) is 0 Å². The number of nitrogens with zero attached hydrogens (tertiary/aromatic N) is 1. The molecule has 0 radical (unpaired) electrons. The lowest BCUT2D eigenvalue weighted by Crippen LogP contribution is -2.65. The van der Waals surface area contributed by atoms with E-state index in [-0.39, 0.29) is 18.4 Å². The Balaban J connectivity index is 1.84. The molecule has 0 aromatic carbocycles. The fourth-order valence-electron chi connectivity index (χ4n) is 4.73. The number of carboxylic acids is 1. The molecular weight excluding hydrogens is 358 g/mol. The normalized spacial score (nSPS) is 34.6. The highest BCUT2D eigenvalue weighted by molar-refractivity contribution is 5.87. The maximum atomic E-state index is 13.3. The SMILES string of the molecule is CC(C)(C)C(C=O)(CN1C[C@@H]2CCC[C@@H]2[C@H]1C(=O)O)NC(=O)C1CC1(F)F. The van der Waals surface area contributed by atoms with Gasteiger partial charge in [-0.1, -0.05) is 27.2 Å². The number of fused-ring (bicyclic) bond motifs is 1. The zero-order chi connectivity index (χ0) is 20.2. The van der Waals surface area contributed by atoms with Crippen molar-refractivity contribution in [2.45, 2.75) is 64.0 Å². The summed E-state index contributed by atoms with van der Waals surface area (Å²) in [7, 11) is 0. The standard InChI is InChI=1S/C19H28F2N2O4/c1-17(2,3)18(10-24,22-15(25)13-7-19(13,20)21)9-23-8-11-5-4-6-12(11)14(23)16(26)27/h10-14H,4-9H2,1-3H3,(H,22,25)(H,26,27)/t11-,12-,13?,14-,18?/m0/s1. The van der Waals surface area contributed by atoms with Crippen molar-refractivity contribution in [3.8, 4) is 0 Å². The molecule has 2 N–H and O–H groups in total. The number of likely N-dealkylation sites (tertiary alicyclic amines) is 1. The lowest BCUT2D eigenvalue weighted by Gasteiger charge is -2.44. The van der Waals surface area contributed by atoms with Gasteiger partial charge in [0.2, 0.25) is 5.91 Å². The number of aliphatic carboxylic acids is 1. The Bertz CT molecular complexity index is 648. The second-order valence-corrected chi connectivity index (χ2v) is 9.41. The molecule has 1 heterocycles. The summed E-state index contributed by atoms with van der Waals surface area (Å²) in [5.74, 6) is -5.90. The van der Waals surface area contributed by atoms with Crippen molar-refractivity contribution in [2.75, 3.05) is 13.1 Å². The lowest BCUT2D eigenvalue weighted by molar-refractivity contribution is -0.145. The van der Waals surface area contributed by atoms with Crippen molar-refractivity contribution in [3.63, 3.8) is 0 Å².